The Morgan fingerprint density at radius 1 is 1.41 bits per heavy atom. The van der Waals surface area contributed by atoms with Crippen LogP contribution in [-0.4, -0.2) is 22.9 Å². The molecule has 0 radical (unpaired) electrons. The summed E-state index contributed by atoms with van der Waals surface area (Å²) >= 11 is 0. The first kappa shape index (κ1) is 15.3. The zero-order chi connectivity index (χ0) is 13.4. The highest BCUT2D eigenvalue weighted by Gasteiger charge is 2.19. The van der Waals surface area contributed by atoms with Crippen molar-refractivity contribution in [2.45, 2.75) is 40.0 Å². The van der Waals surface area contributed by atoms with E-state index >= 15 is 0 Å². The van der Waals surface area contributed by atoms with Crippen molar-refractivity contribution in [2.75, 3.05) is 0 Å². The van der Waals surface area contributed by atoms with Gasteiger partial charge in [-0.1, -0.05) is 20.8 Å². The summed E-state index contributed by atoms with van der Waals surface area (Å²) in [6.45, 7) is 5.78. The topological polar surface area (TPSA) is 83.5 Å². The molecular weight excluding hydrogens is 222 g/mol. The molecule has 0 spiro atoms. The lowest BCUT2D eigenvalue weighted by molar-refractivity contribution is -0.136. The van der Waals surface area contributed by atoms with E-state index in [-0.39, 0.29) is 18.2 Å². The fraction of sp³-hybridized carbons (Fsp3) is 0.583. The third kappa shape index (κ3) is 7.27. The molecule has 0 saturated heterocycles. The van der Waals surface area contributed by atoms with E-state index in [0.717, 1.165) is 6.42 Å². The smallest absolute Gasteiger partial charge is 0.303 e. The monoisotopic (exact) mass is 241 g/mol. The third-order valence-corrected chi connectivity index (χ3v) is 2.13. The van der Waals surface area contributed by atoms with Crippen LogP contribution in [0.5, 0.6) is 0 Å². The highest BCUT2D eigenvalue weighted by atomic mass is 16.4. The standard InChI is InChI=1S/C9H13NO2.C3H6O2/c1-6(2)3-4-7-5-8(11)10-9(7)12;1-2-3(4)5/h5-6H,3-4H2,1-2H3,(H,10,11,12);2H2,1H3,(H,4,5). The van der Waals surface area contributed by atoms with Gasteiger partial charge >= 0.3 is 5.97 Å². The van der Waals surface area contributed by atoms with Crippen molar-refractivity contribution in [3.63, 3.8) is 0 Å². The number of hydrogen-bond acceptors (Lipinski definition) is 3. The van der Waals surface area contributed by atoms with E-state index in [0.29, 0.717) is 17.9 Å². The fourth-order valence-corrected chi connectivity index (χ4v) is 1.08. The summed E-state index contributed by atoms with van der Waals surface area (Å²) in [7, 11) is 0. The number of carbonyl (C=O) groups is 3. The molecule has 17 heavy (non-hydrogen) atoms. The van der Waals surface area contributed by atoms with Crippen molar-refractivity contribution in [2.24, 2.45) is 5.92 Å². The second-order valence-electron chi connectivity index (χ2n) is 4.17. The largest absolute Gasteiger partial charge is 0.481 e. The number of amides is 2. The van der Waals surface area contributed by atoms with Gasteiger partial charge in [0, 0.05) is 18.1 Å². The Balaban J connectivity index is 0.000000437. The minimum absolute atomic E-state index is 0.222. The summed E-state index contributed by atoms with van der Waals surface area (Å²) in [5, 5.41) is 9.94. The number of hydrogen-bond donors (Lipinski definition) is 2. The molecule has 2 amide bonds. The molecular formula is C12H19NO4. The van der Waals surface area contributed by atoms with Gasteiger partial charge in [0.05, 0.1) is 0 Å². The predicted molar refractivity (Wildman–Crippen MR) is 63.2 cm³/mol. The van der Waals surface area contributed by atoms with Crippen LogP contribution in [0.3, 0.4) is 0 Å². The molecule has 0 saturated carbocycles. The summed E-state index contributed by atoms with van der Waals surface area (Å²) in [6, 6.07) is 0. The lowest BCUT2D eigenvalue weighted by Gasteiger charge is -2.02. The normalized spacial score (nSPS) is 14.0. The molecule has 0 unspecified atom stereocenters. The summed E-state index contributed by atoms with van der Waals surface area (Å²) in [6.07, 6.45) is 3.27. The van der Waals surface area contributed by atoms with Gasteiger partial charge < -0.3 is 5.11 Å². The number of carboxylic acid groups (broad SMARTS) is 1. The lowest BCUT2D eigenvalue weighted by atomic mass is 10.0. The molecule has 1 aliphatic rings. The van der Waals surface area contributed by atoms with Crippen LogP contribution < -0.4 is 5.32 Å². The molecule has 1 aliphatic heterocycles. The minimum atomic E-state index is -0.745. The Hall–Kier alpha value is -1.65. The van der Waals surface area contributed by atoms with Gasteiger partial charge in [0.25, 0.3) is 11.8 Å². The number of carboxylic acids is 1. The van der Waals surface area contributed by atoms with Gasteiger partial charge in [0.1, 0.15) is 0 Å². The second-order valence-corrected chi connectivity index (χ2v) is 4.17. The van der Waals surface area contributed by atoms with Crippen LogP contribution in [0, 0.1) is 5.92 Å². The van der Waals surface area contributed by atoms with E-state index in [9.17, 15) is 14.4 Å². The van der Waals surface area contributed by atoms with Crippen LogP contribution in [0.4, 0.5) is 0 Å². The van der Waals surface area contributed by atoms with Gasteiger partial charge in [-0.3, -0.25) is 19.7 Å². The van der Waals surface area contributed by atoms with Crippen LogP contribution in [-0.2, 0) is 14.4 Å². The first-order valence-electron chi connectivity index (χ1n) is 5.64. The predicted octanol–water partition coefficient (Wildman–Crippen LogP) is 1.49. The molecule has 0 aromatic heterocycles. The van der Waals surface area contributed by atoms with Gasteiger partial charge in [-0.15, -0.1) is 0 Å². The number of imide groups is 1. The van der Waals surface area contributed by atoms with E-state index in [1.807, 2.05) is 0 Å². The molecule has 0 atom stereocenters. The molecule has 0 bridgehead atoms. The van der Waals surface area contributed by atoms with Crippen molar-refractivity contribution in [1.29, 1.82) is 0 Å². The van der Waals surface area contributed by atoms with Crippen LogP contribution in [0.25, 0.3) is 0 Å². The van der Waals surface area contributed by atoms with E-state index in [1.165, 1.54) is 6.08 Å². The second kappa shape index (κ2) is 7.60. The Morgan fingerprint density at radius 3 is 2.24 bits per heavy atom. The van der Waals surface area contributed by atoms with E-state index < -0.39 is 5.97 Å². The van der Waals surface area contributed by atoms with Crippen LogP contribution in [0.1, 0.15) is 40.0 Å². The summed E-state index contributed by atoms with van der Waals surface area (Å²) in [5.41, 5.74) is 0.619. The number of nitrogens with one attached hydrogen (secondary N) is 1. The summed E-state index contributed by atoms with van der Waals surface area (Å²) in [5.74, 6) is -0.682. The lowest BCUT2D eigenvalue weighted by Crippen LogP contribution is -2.22. The fourth-order valence-electron chi connectivity index (χ4n) is 1.08. The minimum Gasteiger partial charge on any atom is -0.481 e. The summed E-state index contributed by atoms with van der Waals surface area (Å²) < 4.78 is 0. The first-order chi connectivity index (χ1) is 7.86. The molecule has 96 valence electrons. The molecule has 1 heterocycles. The molecule has 1 rings (SSSR count). The van der Waals surface area contributed by atoms with Crippen molar-refractivity contribution < 1.29 is 19.5 Å². The van der Waals surface area contributed by atoms with Gasteiger partial charge in [0.2, 0.25) is 0 Å². The molecule has 2 N–H and O–H groups in total. The van der Waals surface area contributed by atoms with Crippen molar-refractivity contribution in [3.8, 4) is 0 Å². The molecule has 5 nitrogen and oxygen atoms in total. The Kier molecular flexibility index (Phi) is 6.86. The van der Waals surface area contributed by atoms with Crippen LogP contribution in [0.15, 0.2) is 11.6 Å². The quantitative estimate of drug-likeness (QED) is 0.730. The van der Waals surface area contributed by atoms with Crippen LogP contribution in [0.2, 0.25) is 0 Å². The van der Waals surface area contributed by atoms with Crippen molar-refractivity contribution >= 4 is 17.8 Å². The molecule has 0 fully saturated rings. The van der Waals surface area contributed by atoms with Crippen LogP contribution >= 0.6 is 0 Å². The maximum atomic E-state index is 11.0. The zero-order valence-electron chi connectivity index (χ0n) is 10.4. The molecule has 0 aliphatic carbocycles. The molecule has 0 aromatic rings. The Labute approximate surface area is 101 Å². The van der Waals surface area contributed by atoms with Crippen molar-refractivity contribution in [3.05, 3.63) is 11.6 Å². The highest BCUT2D eigenvalue weighted by Crippen LogP contribution is 2.14. The Bertz CT molecular complexity index is 331. The van der Waals surface area contributed by atoms with Gasteiger partial charge in [-0.05, 0) is 18.8 Å². The van der Waals surface area contributed by atoms with E-state index in [4.69, 9.17) is 5.11 Å². The van der Waals surface area contributed by atoms with Gasteiger partial charge in [-0.25, -0.2) is 0 Å². The Morgan fingerprint density at radius 2 is 1.94 bits per heavy atom. The molecule has 0 aromatic carbocycles. The molecule has 5 heteroatoms. The van der Waals surface area contributed by atoms with E-state index in [2.05, 4.69) is 19.2 Å². The third-order valence-electron chi connectivity index (χ3n) is 2.13. The number of carbonyl (C=O) groups excluding carboxylic acids is 2. The average Bonchev–Trinajstić information content (AvgIpc) is 2.55. The van der Waals surface area contributed by atoms with Crippen molar-refractivity contribution in [1.82, 2.24) is 5.32 Å². The highest BCUT2D eigenvalue weighted by molar-refractivity contribution is 6.16. The summed E-state index contributed by atoms with van der Waals surface area (Å²) in [4.78, 5) is 31.1. The number of aliphatic carboxylic acids is 1. The van der Waals surface area contributed by atoms with Gasteiger partial charge in [0.15, 0.2) is 0 Å². The average molecular weight is 241 g/mol. The maximum absolute atomic E-state index is 11.0. The van der Waals surface area contributed by atoms with Gasteiger partial charge in [-0.2, -0.15) is 0 Å². The van der Waals surface area contributed by atoms with E-state index in [1.54, 1.807) is 6.92 Å². The number of rotatable bonds is 4. The zero-order valence-corrected chi connectivity index (χ0v) is 10.4. The SMILES string of the molecule is CC(C)CCC1=CC(=O)NC1=O.CCC(=O)O. The maximum Gasteiger partial charge on any atom is 0.303 e. The first-order valence-corrected chi connectivity index (χ1v) is 5.64.